The lowest BCUT2D eigenvalue weighted by atomic mass is 9.87. The fraction of sp³-hybridized carbons (Fsp3) is 0.263. The van der Waals surface area contributed by atoms with Gasteiger partial charge in [-0.25, -0.2) is 4.39 Å². The maximum absolute atomic E-state index is 13.1. The molecule has 0 spiro atoms. The van der Waals surface area contributed by atoms with E-state index < -0.39 is 5.60 Å². The molecule has 0 amide bonds. The van der Waals surface area contributed by atoms with E-state index in [-0.39, 0.29) is 5.82 Å². The normalized spacial score (nSPS) is 17.3. The van der Waals surface area contributed by atoms with Crippen LogP contribution in [0.2, 0.25) is 0 Å². The van der Waals surface area contributed by atoms with Crippen molar-refractivity contribution in [1.82, 2.24) is 0 Å². The van der Waals surface area contributed by atoms with Gasteiger partial charge >= 0.3 is 0 Å². The van der Waals surface area contributed by atoms with Crippen LogP contribution in [0.5, 0.6) is 0 Å². The highest BCUT2D eigenvalue weighted by molar-refractivity contribution is 5.52. The van der Waals surface area contributed by atoms with Crippen molar-refractivity contribution in [3.63, 3.8) is 0 Å². The number of nitrogens with zero attached hydrogens (tertiary/aromatic N) is 1. The molecule has 1 atom stereocenters. The molecular weight excluding hydrogens is 293 g/mol. The van der Waals surface area contributed by atoms with Crippen LogP contribution in [0.1, 0.15) is 11.1 Å². The molecule has 23 heavy (non-hydrogen) atoms. The Morgan fingerprint density at radius 2 is 1.52 bits per heavy atom. The summed E-state index contributed by atoms with van der Waals surface area (Å²) in [5.41, 5.74) is 0.553. The lowest BCUT2D eigenvalue weighted by Gasteiger charge is -2.30. The predicted molar refractivity (Wildman–Crippen MR) is 87.7 cm³/mol. The number of morpholine rings is 1. The third-order valence-corrected chi connectivity index (χ3v) is 4.13. The predicted octanol–water partition coefficient (Wildman–Crippen LogP) is 2.53. The van der Waals surface area contributed by atoms with Crippen LogP contribution in [0.25, 0.3) is 0 Å². The van der Waals surface area contributed by atoms with Gasteiger partial charge in [-0.2, -0.15) is 0 Å². The summed E-state index contributed by atoms with van der Waals surface area (Å²) in [5, 5.41) is 10.9. The number of hydrogen-bond acceptors (Lipinski definition) is 3. The Bertz CT molecular complexity index is 700. The van der Waals surface area contributed by atoms with Crippen LogP contribution >= 0.6 is 0 Å². The summed E-state index contributed by atoms with van der Waals surface area (Å²) in [6.45, 7) is 3.12. The Hall–Kier alpha value is -2.35. The third kappa shape index (κ3) is 3.07. The number of benzene rings is 2. The Balaban J connectivity index is 1.89. The van der Waals surface area contributed by atoms with Gasteiger partial charge in [-0.1, -0.05) is 30.2 Å². The van der Waals surface area contributed by atoms with Gasteiger partial charge in [-0.15, -0.1) is 6.42 Å². The van der Waals surface area contributed by atoms with Gasteiger partial charge in [0.2, 0.25) is 0 Å². The van der Waals surface area contributed by atoms with Gasteiger partial charge in [0.15, 0.2) is 5.60 Å². The number of terminal acetylenes is 1. The molecule has 0 aliphatic carbocycles. The molecule has 0 saturated carbocycles. The lowest BCUT2D eigenvalue weighted by Crippen LogP contribution is -2.36. The second-order valence-electron chi connectivity index (χ2n) is 5.51. The summed E-state index contributed by atoms with van der Waals surface area (Å²) in [6.07, 6.45) is 5.57. The molecule has 118 valence electrons. The van der Waals surface area contributed by atoms with E-state index in [1.165, 1.54) is 24.3 Å². The monoisotopic (exact) mass is 311 g/mol. The average molecular weight is 311 g/mol. The molecule has 4 heteroatoms. The zero-order valence-electron chi connectivity index (χ0n) is 12.7. The SMILES string of the molecule is C#CC(O)(c1ccc(F)cc1)c1ccc(N2CCOCC2)cc1. The second kappa shape index (κ2) is 6.41. The number of ether oxygens (including phenoxy) is 1. The van der Waals surface area contributed by atoms with Crippen molar-refractivity contribution in [1.29, 1.82) is 0 Å². The lowest BCUT2D eigenvalue weighted by molar-refractivity contribution is 0.122. The summed E-state index contributed by atoms with van der Waals surface area (Å²) in [6, 6.07) is 13.1. The van der Waals surface area contributed by atoms with Crippen LogP contribution in [-0.4, -0.2) is 31.4 Å². The van der Waals surface area contributed by atoms with Gasteiger partial charge in [0.05, 0.1) is 13.2 Å². The fourth-order valence-corrected chi connectivity index (χ4v) is 2.76. The quantitative estimate of drug-likeness (QED) is 0.884. The number of halogens is 1. The van der Waals surface area contributed by atoms with Crippen molar-refractivity contribution >= 4 is 5.69 Å². The molecule has 1 aliphatic rings. The summed E-state index contributed by atoms with van der Waals surface area (Å²) >= 11 is 0. The van der Waals surface area contributed by atoms with Gasteiger partial charge in [0.1, 0.15) is 5.82 Å². The summed E-state index contributed by atoms with van der Waals surface area (Å²) in [7, 11) is 0. The van der Waals surface area contributed by atoms with Gasteiger partial charge in [-0.3, -0.25) is 0 Å². The van der Waals surface area contributed by atoms with Crippen molar-refractivity contribution in [3.8, 4) is 12.3 Å². The molecular formula is C19H18FNO2. The standard InChI is InChI=1S/C19H18FNO2/c1-2-19(22,15-3-7-17(20)8-4-15)16-5-9-18(10-6-16)21-11-13-23-14-12-21/h1,3-10,22H,11-14H2. The Labute approximate surface area is 135 Å². The van der Waals surface area contributed by atoms with Gasteiger partial charge in [0, 0.05) is 29.9 Å². The summed E-state index contributed by atoms with van der Waals surface area (Å²) in [4.78, 5) is 2.22. The molecule has 1 heterocycles. The van der Waals surface area contributed by atoms with Crippen molar-refractivity contribution < 1.29 is 14.2 Å². The topological polar surface area (TPSA) is 32.7 Å². The van der Waals surface area contributed by atoms with Crippen LogP contribution < -0.4 is 4.90 Å². The zero-order chi connectivity index (χ0) is 16.3. The summed E-state index contributed by atoms with van der Waals surface area (Å²) < 4.78 is 18.4. The Kier molecular flexibility index (Phi) is 4.33. The minimum Gasteiger partial charge on any atom is -0.378 e. The van der Waals surface area contributed by atoms with Crippen LogP contribution in [0.3, 0.4) is 0 Å². The average Bonchev–Trinajstić information content (AvgIpc) is 2.62. The van der Waals surface area contributed by atoms with Crippen LogP contribution in [0.4, 0.5) is 10.1 Å². The fourth-order valence-electron chi connectivity index (χ4n) is 2.76. The first-order chi connectivity index (χ1) is 11.1. The first-order valence-corrected chi connectivity index (χ1v) is 7.53. The highest BCUT2D eigenvalue weighted by atomic mass is 19.1. The Morgan fingerprint density at radius 3 is 2.04 bits per heavy atom. The first kappa shape index (κ1) is 15.5. The second-order valence-corrected chi connectivity index (χ2v) is 5.51. The van der Waals surface area contributed by atoms with E-state index in [2.05, 4.69) is 10.8 Å². The van der Waals surface area contributed by atoms with Gasteiger partial charge in [0.25, 0.3) is 0 Å². The van der Waals surface area contributed by atoms with E-state index in [9.17, 15) is 9.50 Å². The molecule has 1 saturated heterocycles. The highest BCUT2D eigenvalue weighted by Gasteiger charge is 2.29. The molecule has 0 bridgehead atoms. The molecule has 0 radical (unpaired) electrons. The smallest absolute Gasteiger partial charge is 0.176 e. The molecule has 3 rings (SSSR count). The molecule has 1 aliphatic heterocycles. The maximum Gasteiger partial charge on any atom is 0.176 e. The number of anilines is 1. The molecule has 0 aromatic heterocycles. The third-order valence-electron chi connectivity index (χ3n) is 4.13. The molecule has 1 fully saturated rings. The van der Waals surface area contributed by atoms with Crippen LogP contribution in [-0.2, 0) is 10.3 Å². The van der Waals surface area contributed by atoms with E-state index in [0.717, 1.165) is 18.8 Å². The molecule has 2 aromatic rings. The van der Waals surface area contributed by atoms with Crippen molar-refractivity contribution in [2.24, 2.45) is 0 Å². The molecule has 1 unspecified atom stereocenters. The van der Waals surface area contributed by atoms with Gasteiger partial charge < -0.3 is 14.7 Å². The Morgan fingerprint density at radius 1 is 1.00 bits per heavy atom. The highest BCUT2D eigenvalue weighted by Crippen LogP contribution is 2.30. The van der Waals surface area contributed by atoms with E-state index >= 15 is 0 Å². The van der Waals surface area contributed by atoms with Gasteiger partial charge in [-0.05, 0) is 24.3 Å². The van der Waals surface area contributed by atoms with Crippen LogP contribution in [0, 0.1) is 18.2 Å². The number of aliphatic hydroxyl groups is 1. The number of hydrogen-bond donors (Lipinski definition) is 1. The molecule has 2 aromatic carbocycles. The summed E-state index contributed by atoms with van der Waals surface area (Å²) in [5.74, 6) is 2.06. The van der Waals surface area contributed by atoms with Crippen molar-refractivity contribution in [2.45, 2.75) is 5.60 Å². The minimum absolute atomic E-state index is 0.365. The minimum atomic E-state index is -1.57. The molecule has 3 nitrogen and oxygen atoms in total. The van der Waals surface area contributed by atoms with Crippen LogP contribution in [0.15, 0.2) is 48.5 Å². The van der Waals surface area contributed by atoms with E-state index in [0.29, 0.717) is 24.3 Å². The number of rotatable bonds is 3. The maximum atomic E-state index is 13.1. The van der Waals surface area contributed by atoms with Crippen molar-refractivity contribution in [3.05, 3.63) is 65.5 Å². The largest absolute Gasteiger partial charge is 0.378 e. The molecule has 1 N–H and O–H groups in total. The van der Waals surface area contributed by atoms with Crippen molar-refractivity contribution in [2.75, 3.05) is 31.2 Å². The first-order valence-electron chi connectivity index (χ1n) is 7.53. The van der Waals surface area contributed by atoms with E-state index in [1.807, 2.05) is 24.3 Å². The zero-order valence-corrected chi connectivity index (χ0v) is 12.7. The van der Waals surface area contributed by atoms with E-state index in [4.69, 9.17) is 11.2 Å². The van der Waals surface area contributed by atoms with E-state index in [1.54, 1.807) is 0 Å².